The summed E-state index contributed by atoms with van der Waals surface area (Å²) in [5.74, 6) is 1.05. The Kier molecular flexibility index (Phi) is 10.4. The highest BCUT2D eigenvalue weighted by atomic mass is 19.4. The Hall–Kier alpha value is -5.37. The maximum absolute atomic E-state index is 13.3. The summed E-state index contributed by atoms with van der Waals surface area (Å²) in [5, 5.41) is 12.0. The Bertz CT molecular complexity index is 1700. The summed E-state index contributed by atoms with van der Waals surface area (Å²) in [7, 11) is 3.28. The number of methoxy groups -OCH3 is 1. The molecular formula is C33H34F3N7O4. The van der Waals surface area contributed by atoms with Crippen molar-refractivity contribution in [2.45, 2.75) is 25.2 Å². The van der Waals surface area contributed by atoms with Gasteiger partial charge in [-0.05, 0) is 54.6 Å². The van der Waals surface area contributed by atoms with E-state index >= 15 is 0 Å². The van der Waals surface area contributed by atoms with Crippen molar-refractivity contribution in [1.29, 1.82) is 0 Å². The van der Waals surface area contributed by atoms with Crippen LogP contribution in [0.3, 0.4) is 0 Å². The van der Waals surface area contributed by atoms with Crippen LogP contribution in [0.2, 0.25) is 0 Å². The number of nitrogens with zero attached hydrogens (tertiary/aromatic N) is 3. The molecule has 0 saturated carbocycles. The Morgan fingerprint density at radius 2 is 1.66 bits per heavy atom. The number of nitrogens with one attached hydrogen (secondary N) is 4. The first-order chi connectivity index (χ1) is 22.6. The van der Waals surface area contributed by atoms with Crippen LogP contribution in [0, 0.1) is 0 Å². The van der Waals surface area contributed by atoms with Crippen molar-refractivity contribution >= 4 is 34.8 Å². The number of benzene rings is 3. The molecule has 14 heteroatoms. The number of ether oxygens (including phenoxy) is 2. The average Bonchev–Trinajstić information content (AvgIpc) is 3.02. The summed E-state index contributed by atoms with van der Waals surface area (Å²) in [6, 6.07) is 18.1. The number of carbonyl (C=O) groups excluding carboxylic acids is 2. The fourth-order valence-electron chi connectivity index (χ4n) is 4.99. The van der Waals surface area contributed by atoms with E-state index in [4.69, 9.17) is 9.47 Å². The van der Waals surface area contributed by atoms with E-state index in [1.54, 1.807) is 36.2 Å². The number of likely N-dealkylation sites (N-methyl/N-ethyl adjacent to an activating group) is 1. The first-order valence-corrected chi connectivity index (χ1v) is 14.7. The Labute approximate surface area is 269 Å². The highest BCUT2D eigenvalue weighted by Gasteiger charge is 2.30. The van der Waals surface area contributed by atoms with Crippen molar-refractivity contribution in [3.8, 4) is 11.5 Å². The summed E-state index contributed by atoms with van der Waals surface area (Å²) in [6.07, 6.45) is -3.07. The number of hydrogen-bond donors (Lipinski definition) is 4. The Morgan fingerprint density at radius 3 is 2.36 bits per heavy atom. The highest BCUT2D eigenvalue weighted by Crippen LogP contribution is 2.32. The van der Waals surface area contributed by atoms with Crippen LogP contribution >= 0.6 is 0 Å². The molecule has 3 aromatic carbocycles. The van der Waals surface area contributed by atoms with Gasteiger partial charge in [-0.15, -0.1) is 0 Å². The number of halogens is 3. The summed E-state index contributed by atoms with van der Waals surface area (Å²) in [5.41, 5.74) is 2.02. The molecule has 4 aromatic rings. The van der Waals surface area contributed by atoms with Gasteiger partial charge in [-0.3, -0.25) is 14.5 Å². The van der Waals surface area contributed by atoms with Gasteiger partial charge in [-0.25, -0.2) is 9.97 Å². The molecule has 4 N–H and O–H groups in total. The van der Waals surface area contributed by atoms with Crippen molar-refractivity contribution in [2.75, 3.05) is 44.5 Å². The normalized spacial score (nSPS) is 16.6. The van der Waals surface area contributed by atoms with Gasteiger partial charge < -0.3 is 30.7 Å². The molecule has 0 fully saturated rings. The molecule has 0 aliphatic carbocycles. The molecule has 5 rings (SSSR count). The molecule has 2 amide bonds. The van der Waals surface area contributed by atoms with Crippen molar-refractivity contribution in [3.63, 3.8) is 0 Å². The smallest absolute Gasteiger partial charge is 0.416 e. The zero-order chi connectivity index (χ0) is 33.4. The third-order valence-corrected chi connectivity index (χ3v) is 7.20. The van der Waals surface area contributed by atoms with Crippen LogP contribution in [0.15, 0.2) is 79.1 Å². The maximum atomic E-state index is 13.3. The molecule has 0 saturated heterocycles. The fourth-order valence-corrected chi connectivity index (χ4v) is 4.99. The second-order valence-electron chi connectivity index (χ2n) is 10.9. The molecule has 47 heavy (non-hydrogen) atoms. The summed E-state index contributed by atoms with van der Waals surface area (Å²) < 4.78 is 50.6. The number of rotatable bonds is 3. The lowest BCUT2D eigenvalue weighted by atomic mass is 10.0. The van der Waals surface area contributed by atoms with E-state index < -0.39 is 29.6 Å². The van der Waals surface area contributed by atoms with Crippen LogP contribution in [-0.2, 0) is 28.7 Å². The van der Waals surface area contributed by atoms with E-state index in [1.165, 1.54) is 25.6 Å². The predicted octanol–water partition coefficient (Wildman–Crippen LogP) is 4.66. The fraction of sp³-hybridized carbons (Fsp3) is 0.273. The number of carbonyl (C=O) groups is 2. The Morgan fingerprint density at radius 1 is 0.936 bits per heavy atom. The molecule has 1 aromatic heterocycles. The van der Waals surface area contributed by atoms with Crippen molar-refractivity contribution in [1.82, 2.24) is 25.5 Å². The number of aromatic nitrogens is 2. The second kappa shape index (κ2) is 14.8. The summed E-state index contributed by atoms with van der Waals surface area (Å²) in [6.45, 7) is 0.534. The molecule has 2 heterocycles. The van der Waals surface area contributed by atoms with Gasteiger partial charge >= 0.3 is 6.18 Å². The minimum Gasteiger partial charge on any atom is -0.493 e. The second-order valence-corrected chi connectivity index (χ2v) is 10.9. The SMILES string of the molecule is COc1ccc2cc1OCCNC(=O)C(Cc1ccc(C(F)(F)F)cc1)NC(=O)CN(C)Cc1cccc(c1)Nc1cc(ncn1)N2. The molecule has 246 valence electrons. The standard InChI is InChI=1S/C33H34F3N7O4/c1-43-18-22-4-3-5-24(14-22)40-29-17-30(39-20-38-29)41-25-10-11-27(46-2)28(16-25)47-13-12-37-32(45)26(42-31(44)19-43)15-21-6-8-23(9-7-21)33(34,35)36/h3-11,14,16-17,20,26H,12-13,15,18-19H2,1-2H3,(H,37,45)(H,42,44)(H2,38,39,40,41). The molecular weight excluding hydrogens is 615 g/mol. The first kappa shape index (κ1) is 33.0. The van der Waals surface area contributed by atoms with E-state index in [2.05, 4.69) is 31.2 Å². The quantitative estimate of drug-likeness (QED) is 0.251. The van der Waals surface area contributed by atoms with Gasteiger partial charge in [-0.2, -0.15) is 13.2 Å². The minimum atomic E-state index is -4.49. The van der Waals surface area contributed by atoms with Crippen LogP contribution in [0.1, 0.15) is 16.7 Å². The van der Waals surface area contributed by atoms with Gasteiger partial charge in [0.25, 0.3) is 0 Å². The number of anilines is 4. The summed E-state index contributed by atoms with van der Waals surface area (Å²) in [4.78, 5) is 36.8. The minimum absolute atomic E-state index is 0.0161. The van der Waals surface area contributed by atoms with Crippen LogP contribution < -0.4 is 30.7 Å². The lowest BCUT2D eigenvalue weighted by Crippen LogP contribution is -2.50. The van der Waals surface area contributed by atoms with Crippen LogP contribution in [-0.4, -0.2) is 66.6 Å². The number of alkyl halides is 3. The van der Waals surface area contributed by atoms with Gasteiger partial charge in [0.15, 0.2) is 11.5 Å². The van der Waals surface area contributed by atoms with Crippen LogP contribution in [0.5, 0.6) is 11.5 Å². The molecule has 0 radical (unpaired) electrons. The maximum Gasteiger partial charge on any atom is 0.416 e. The van der Waals surface area contributed by atoms with Gasteiger partial charge in [0.1, 0.15) is 30.6 Å². The third kappa shape index (κ3) is 9.33. The van der Waals surface area contributed by atoms with Gasteiger partial charge in [0, 0.05) is 36.5 Å². The van der Waals surface area contributed by atoms with E-state index in [0.29, 0.717) is 40.9 Å². The summed E-state index contributed by atoms with van der Waals surface area (Å²) >= 11 is 0. The number of fused-ring (bicyclic) bond motifs is 6. The third-order valence-electron chi connectivity index (χ3n) is 7.20. The van der Waals surface area contributed by atoms with Crippen molar-refractivity contribution in [3.05, 3.63) is 95.8 Å². The molecule has 6 bridgehead atoms. The Balaban J connectivity index is 1.39. The van der Waals surface area contributed by atoms with Crippen molar-refractivity contribution < 1.29 is 32.2 Å². The zero-order valence-electron chi connectivity index (χ0n) is 25.7. The van der Waals surface area contributed by atoms with E-state index in [0.717, 1.165) is 23.4 Å². The highest BCUT2D eigenvalue weighted by molar-refractivity contribution is 5.88. The average molecular weight is 650 g/mol. The zero-order valence-corrected chi connectivity index (χ0v) is 25.7. The molecule has 0 spiro atoms. The molecule has 1 atom stereocenters. The predicted molar refractivity (Wildman–Crippen MR) is 170 cm³/mol. The number of hydrogen-bond acceptors (Lipinski definition) is 9. The molecule has 11 nitrogen and oxygen atoms in total. The molecule has 1 aliphatic heterocycles. The van der Waals surface area contributed by atoms with Crippen LogP contribution in [0.4, 0.5) is 36.2 Å². The molecule has 1 aliphatic rings. The number of amides is 2. The van der Waals surface area contributed by atoms with E-state index in [9.17, 15) is 22.8 Å². The van der Waals surface area contributed by atoms with Gasteiger partial charge in [0.2, 0.25) is 11.8 Å². The van der Waals surface area contributed by atoms with E-state index in [1.807, 2.05) is 24.3 Å². The van der Waals surface area contributed by atoms with Crippen LogP contribution in [0.25, 0.3) is 0 Å². The van der Waals surface area contributed by atoms with Gasteiger partial charge in [-0.1, -0.05) is 24.3 Å². The monoisotopic (exact) mass is 649 g/mol. The lowest BCUT2D eigenvalue weighted by Gasteiger charge is -2.22. The topological polar surface area (TPSA) is 130 Å². The lowest BCUT2D eigenvalue weighted by molar-refractivity contribution is -0.137. The largest absolute Gasteiger partial charge is 0.493 e. The van der Waals surface area contributed by atoms with Crippen molar-refractivity contribution in [2.24, 2.45) is 0 Å². The van der Waals surface area contributed by atoms with Gasteiger partial charge in [0.05, 0.1) is 25.8 Å². The molecule has 1 unspecified atom stereocenters. The first-order valence-electron chi connectivity index (χ1n) is 14.7. The van der Waals surface area contributed by atoms with E-state index in [-0.39, 0.29) is 26.1 Å².